The van der Waals surface area contributed by atoms with Gasteiger partial charge in [0.1, 0.15) is 11.6 Å². The Kier molecular flexibility index (Phi) is 6.34. The number of nitrogens with zero attached hydrogens (tertiary/aromatic N) is 2. The molecule has 0 atom stereocenters. The number of nitriles is 1. The van der Waals surface area contributed by atoms with E-state index < -0.39 is 22.3 Å². The summed E-state index contributed by atoms with van der Waals surface area (Å²) in [6.45, 7) is 5.53. The molecule has 0 spiro atoms. The maximum absolute atomic E-state index is 12.5. The summed E-state index contributed by atoms with van der Waals surface area (Å²) in [6.07, 6.45) is 1.20. The Morgan fingerprint density at radius 3 is 2.68 bits per heavy atom. The molecule has 2 N–H and O–H groups in total. The normalized spacial score (nSPS) is 10.9. The Morgan fingerprint density at radius 2 is 2.07 bits per heavy atom. The lowest BCUT2D eigenvalue weighted by Gasteiger charge is -2.10. The van der Waals surface area contributed by atoms with Crippen molar-refractivity contribution in [2.24, 2.45) is 0 Å². The summed E-state index contributed by atoms with van der Waals surface area (Å²) in [5.74, 6) is -1.36. The average molecular weight is 381 g/mol. The Bertz CT molecular complexity index is 1010. The molecule has 0 aliphatic rings. The number of anilines is 1. The van der Waals surface area contributed by atoms with Gasteiger partial charge in [0.15, 0.2) is 5.75 Å². The Balaban J connectivity index is 2.43. The average Bonchev–Trinajstić information content (AvgIpc) is 2.64. The van der Waals surface area contributed by atoms with Gasteiger partial charge in [-0.15, -0.1) is 0 Å². The smallest absolute Gasteiger partial charge is 0.315 e. The van der Waals surface area contributed by atoms with E-state index in [1.165, 1.54) is 12.1 Å². The van der Waals surface area contributed by atoms with Crippen LogP contribution in [0.5, 0.6) is 11.5 Å². The molecule has 2 aromatic rings. The van der Waals surface area contributed by atoms with E-state index in [0.717, 1.165) is 17.2 Å². The summed E-state index contributed by atoms with van der Waals surface area (Å²) >= 11 is 0. The highest BCUT2D eigenvalue weighted by molar-refractivity contribution is 6.10. The van der Waals surface area contributed by atoms with Crippen LogP contribution in [0.25, 0.3) is 6.08 Å². The highest BCUT2D eigenvalue weighted by atomic mass is 16.6. The number of aromatic hydroxyl groups is 1. The predicted molar refractivity (Wildman–Crippen MR) is 104 cm³/mol. The summed E-state index contributed by atoms with van der Waals surface area (Å²) in [4.78, 5) is 22.9. The van der Waals surface area contributed by atoms with E-state index in [1.54, 1.807) is 19.1 Å². The second kappa shape index (κ2) is 8.68. The third-order valence-electron chi connectivity index (χ3n) is 3.89. The molecule has 0 bridgehead atoms. The summed E-state index contributed by atoms with van der Waals surface area (Å²) < 4.78 is 5.20. The number of phenols is 1. The lowest BCUT2D eigenvalue weighted by atomic mass is 10.1. The standard InChI is InChI=1S/C20H19N3O5/c1-4-28-18-10-14(9-17(19(18)24)23(26)27)8-15(11-21)20(25)22-16-7-12(2)5-6-13(16)3/h5-10,24H,4H2,1-3H3,(H,22,25)/b15-8+. The van der Waals surface area contributed by atoms with E-state index in [1.807, 2.05) is 26.0 Å². The topological polar surface area (TPSA) is 125 Å². The SMILES string of the molecule is CCOc1cc(/C=C(\C#N)C(=O)Nc2cc(C)ccc2C)cc([N+](=O)[O-])c1O. The summed E-state index contributed by atoms with van der Waals surface area (Å²) in [5.41, 5.74) is 1.69. The number of carbonyl (C=O) groups is 1. The fraction of sp³-hybridized carbons (Fsp3) is 0.200. The summed E-state index contributed by atoms with van der Waals surface area (Å²) in [7, 11) is 0. The molecule has 8 nitrogen and oxygen atoms in total. The van der Waals surface area contributed by atoms with E-state index in [0.29, 0.717) is 5.69 Å². The van der Waals surface area contributed by atoms with E-state index in [9.17, 15) is 25.3 Å². The van der Waals surface area contributed by atoms with Gasteiger partial charge in [0.05, 0.1) is 11.5 Å². The van der Waals surface area contributed by atoms with Crippen molar-refractivity contribution in [2.45, 2.75) is 20.8 Å². The molecule has 2 aromatic carbocycles. The Hall–Kier alpha value is -3.86. The van der Waals surface area contributed by atoms with Crippen LogP contribution in [0.4, 0.5) is 11.4 Å². The zero-order valence-electron chi connectivity index (χ0n) is 15.6. The van der Waals surface area contributed by atoms with Gasteiger partial charge in [-0.2, -0.15) is 5.26 Å². The third kappa shape index (κ3) is 4.65. The van der Waals surface area contributed by atoms with Crippen LogP contribution in [-0.2, 0) is 4.79 Å². The number of nitro benzene ring substituents is 1. The molecule has 0 saturated carbocycles. The molecule has 0 aromatic heterocycles. The number of rotatable bonds is 6. The van der Waals surface area contributed by atoms with Crippen molar-refractivity contribution in [2.75, 3.05) is 11.9 Å². The van der Waals surface area contributed by atoms with Crippen LogP contribution < -0.4 is 10.1 Å². The number of carbonyl (C=O) groups excluding carboxylic acids is 1. The quantitative estimate of drug-likeness (QED) is 0.339. The fourth-order valence-corrected chi connectivity index (χ4v) is 2.48. The fourth-order valence-electron chi connectivity index (χ4n) is 2.48. The molecule has 28 heavy (non-hydrogen) atoms. The molecule has 1 amide bonds. The third-order valence-corrected chi connectivity index (χ3v) is 3.89. The summed E-state index contributed by atoms with van der Waals surface area (Å²) in [6, 6.07) is 9.72. The van der Waals surface area contributed by atoms with Crippen LogP contribution in [0.1, 0.15) is 23.6 Å². The second-order valence-corrected chi connectivity index (χ2v) is 6.02. The molecule has 0 radical (unpaired) electrons. The maximum atomic E-state index is 12.5. The minimum atomic E-state index is -0.766. The highest BCUT2D eigenvalue weighted by Crippen LogP contribution is 2.37. The number of amides is 1. The van der Waals surface area contributed by atoms with Crippen molar-refractivity contribution in [1.29, 1.82) is 5.26 Å². The van der Waals surface area contributed by atoms with E-state index in [4.69, 9.17) is 4.74 Å². The van der Waals surface area contributed by atoms with Gasteiger partial charge in [-0.05, 0) is 55.7 Å². The molecule has 2 rings (SSSR count). The van der Waals surface area contributed by atoms with Crippen LogP contribution in [0.2, 0.25) is 0 Å². The number of benzene rings is 2. The first kappa shape index (κ1) is 20.5. The van der Waals surface area contributed by atoms with Gasteiger partial charge in [-0.25, -0.2) is 0 Å². The van der Waals surface area contributed by atoms with Crippen molar-refractivity contribution in [3.63, 3.8) is 0 Å². The lowest BCUT2D eigenvalue weighted by molar-refractivity contribution is -0.386. The van der Waals surface area contributed by atoms with Crippen LogP contribution in [0.3, 0.4) is 0 Å². The highest BCUT2D eigenvalue weighted by Gasteiger charge is 2.20. The summed E-state index contributed by atoms with van der Waals surface area (Å²) in [5, 5.41) is 33.1. The number of hydrogen-bond acceptors (Lipinski definition) is 6. The maximum Gasteiger partial charge on any atom is 0.315 e. The first-order valence-electron chi connectivity index (χ1n) is 8.41. The van der Waals surface area contributed by atoms with Gasteiger partial charge in [0, 0.05) is 11.8 Å². The first-order valence-corrected chi connectivity index (χ1v) is 8.41. The Labute approximate surface area is 161 Å². The van der Waals surface area contributed by atoms with Gasteiger partial charge >= 0.3 is 5.69 Å². The molecular formula is C20H19N3O5. The zero-order chi connectivity index (χ0) is 20.8. The predicted octanol–water partition coefficient (Wildman–Crippen LogP) is 3.86. The van der Waals surface area contributed by atoms with Crippen LogP contribution in [-0.4, -0.2) is 22.5 Å². The van der Waals surface area contributed by atoms with E-state index >= 15 is 0 Å². The number of aryl methyl sites for hydroxylation is 2. The van der Waals surface area contributed by atoms with Crippen molar-refractivity contribution in [3.8, 4) is 17.6 Å². The minimum Gasteiger partial charge on any atom is -0.500 e. The molecule has 144 valence electrons. The molecule has 0 aliphatic carbocycles. The van der Waals surface area contributed by atoms with Gasteiger partial charge in [-0.3, -0.25) is 14.9 Å². The van der Waals surface area contributed by atoms with Gasteiger partial charge in [0.25, 0.3) is 5.91 Å². The lowest BCUT2D eigenvalue weighted by Crippen LogP contribution is -2.14. The molecule has 0 heterocycles. The molecule has 8 heteroatoms. The molecule has 0 fully saturated rings. The van der Waals surface area contributed by atoms with E-state index in [-0.39, 0.29) is 23.5 Å². The van der Waals surface area contributed by atoms with Crippen molar-refractivity contribution in [1.82, 2.24) is 0 Å². The molecular weight excluding hydrogens is 362 g/mol. The molecule has 0 aliphatic heterocycles. The van der Waals surface area contributed by atoms with Crippen molar-refractivity contribution in [3.05, 3.63) is 62.7 Å². The number of nitro groups is 1. The van der Waals surface area contributed by atoms with Crippen LogP contribution in [0.15, 0.2) is 35.9 Å². The van der Waals surface area contributed by atoms with Gasteiger partial charge in [-0.1, -0.05) is 12.1 Å². The van der Waals surface area contributed by atoms with Gasteiger partial charge in [0.2, 0.25) is 5.75 Å². The molecule has 0 saturated heterocycles. The number of hydrogen-bond donors (Lipinski definition) is 2. The van der Waals surface area contributed by atoms with E-state index in [2.05, 4.69) is 5.32 Å². The first-order chi connectivity index (χ1) is 13.3. The minimum absolute atomic E-state index is 0.102. The zero-order valence-corrected chi connectivity index (χ0v) is 15.6. The monoisotopic (exact) mass is 381 g/mol. The van der Waals surface area contributed by atoms with Crippen LogP contribution in [0, 0.1) is 35.3 Å². The number of ether oxygens (including phenoxy) is 1. The van der Waals surface area contributed by atoms with Gasteiger partial charge < -0.3 is 15.2 Å². The largest absolute Gasteiger partial charge is 0.500 e. The second-order valence-electron chi connectivity index (χ2n) is 6.02. The van der Waals surface area contributed by atoms with Crippen LogP contribution >= 0.6 is 0 Å². The van der Waals surface area contributed by atoms with Crippen molar-refractivity contribution < 1.29 is 19.6 Å². The number of nitrogens with one attached hydrogen (secondary N) is 1. The number of phenolic OH excluding ortho intramolecular Hbond substituents is 1. The Morgan fingerprint density at radius 1 is 1.36 bits per heavy atom. The van der Waals surface area contributed by atoms with Crippen molar-refractivity contribution >= 4 is 23.4 Å². The molecule has 0 unspecified atom stereocenters.